The molecule has 0 spiro atoms. The zero-order chi connectivity index (χ0) is 8.32. The SMILES string of the molecule is CC(C)(CO)NC1=NCCN1.I. The molecule has 0 aromatic rings. The fourth-order valence-electron chi connectivity index (χ4n) is 0.842. The molecule has 0 unspecified atom stereocenters. The van der Waals surface area contributed by atoms with E-state index < -0.39 is 0 Å². The summed E-state index contributed by atoms with van der Waals surface area (Å²) in [5.74, 6) is 0.795. The third-order valence-corrected chi connectivity index (χ3v) is 1.53. The number of nitrogens with one attached hydrogen (secondary N) is 2. The first kappa shape index (κ1) is 12.0. The third kappa shape index (κ3) is 3.57. The molecule has 72 valence electrons. The van der Waals surface area contributed by atoms with E-state index in [1.165, 1.54) is 0 Å². The van der Waals surface area contributed by atoms with Gasteiger partial charge in [0.1, 0.15) is 0 Å². The van der Waals surface area contributed by atoms with E-state index in [9.17, 15) is 0 Å². The Bertz CT molecular complexity index is 170. The highest BCUT2D eigenvalue weighted by atomic mass is 127. The molecular formula is C7H16IN3O. The van der Waals surface area contributed by atoms with Gasteiger partial charge in [0.15, 0.2) is 5.96 Å². The van der Waals surface area contributed by atoms with Gasteiger partial charge in [0.25, 0.3) is 0 Å². The van der Waals surface area contributed by atoms with E-state index in [1.54, 1.807) is 0 Å². The van der Waals surface area contributed by atoms with Crippen molar-refractivity contribution in [1.82, 2.24) is 10.6 Å². The average molecular weight is 285 g/mol. The Morgan fingerprint density at radius 1 is 1.67 bits per heavy atom. The van der Waals surface area contributed by atoms with Crippen LogP contribution in [0.1, 0.15) is 13.8 Å². The molecule has 0 bridgehead atoms. The van der Waals surface area contributed by atoms with Crippen molar-refractivity contribution in [2.75, 3.05) is 19.7 Å². The van der Waals surface area contributed by atoms with Gasteiger partial charge in [0, 0.05) is 6.54 Å². The van der Waals surface area contributed by atoms with Crippen LogP contribution in [0.15, 0.2) is 4.99 Å². The topological polar surface area (TPSA) is 56.6 Å². The Kier molecular flexibility index (Phi) is 4.84. The summed E-state index contributed by atoms with van der Waals surface area (Å²) < 4.78 is 0. The highest BCUT2D eigenvalue weighted by Gasteiger charge is 2.18. The lowest BCUT2D eigenvalue weighted by Gasteiger charge is -2.24. The summed E-state index contributed by atoms with van der Waals surface area (Å²) in [6.45, 7) is 5.67. The number of aliphatic hydroxyl groups excluding tert-OH is 1. The number of aliphatic imine (C=N–C) groups is 1. The molecule has 1 heterocycles. The lowest BCUT2D eigenvalue weighted by Crippen LogP contribution is -2.49. The van der Waals surface area contributed by atoms with Gasteiger partial charge in [-0.3, -0.25) is 4.99 Å². The number of hydrogen-bond acceptors (Lipinski definition) is 4. The van der Waals surface area contributed by atoms with E-state index in [0.29, 0.717) is 0 Å². The molecule has 5 heteroatoms. The maximum absolute atomic E-state index is 8.91. The minimum Gasteiger partial charge on any atom is -0.394 e. The first-order valence-corrected chi connectivity index (χ1v) is 3.81. The minimum absolute atomic E-state index is 0. The first-order chi connectivity index (χ1) is 5.14. The van der Waals surface area contributed by atoms with E-state index in [1.807, 2.05) is 13.8 Å². The van der Waals surface area contributed by atoms with Crippen LogP contribution in [0.3, 0.4) is 0 Å². The van der Waals surface area contributed by atoms with E-state index in [2.05, 4.69) is 15.6 Å². The van der Waals surface area contributed by atoms with Gasteiger partial charge in [-0.2, -0.15) is 0 Å². The van der Waals surface area contributed by atoms with Gasteiger partial charge in [0.2, 0.25) is 0 Å². The summed E-state index contributed by atoms with van der Waals surface area (Å²) in [6.07, 6.45) is 0. The fraction of sp³-hybridized carbons (Fsp3) is 0.857. The molecule has 0 saturated heterocycles. The molecule has 12 heavy (non-hydrogen) atoms. The van der Waals surface area contributed by atoms with Crippen molar-refractivity contribution in [3.8, 4) is 0 Å². The number of halogens is 1. The van der Waals surface area contributed by atoms with Crippen molar-refractivity contribution in [1.29, 1.82) is 0 Å². The van der Waals surface area contributed by atoms with E-state index >= 15 is 0 Å². The quantitative estimate of drug-likeness (QED) is 0.622. The van der Waals surface area contributed by atoms with Crippen molar-refractivity contribution >= 4 is 29.9 Å². The number of guanidine groups is 1. The number of rotatable bonds is 2. The summed E-state index contributed by atoms with van der Waals surface area (Å²) in [5.41, 5.74) is -0.282. The van der Waals surface area contributed by atoms with E-state index in [4.69, 9.17) is 5.11 Å². The number of aliphatic hydroxyl groups is 1. The number of nitrogens with zero attached hydrogens (tertiary/aromatic N) is 1. The second kappa shape index (κ2) is 4.86. The minimum atomic E-state index is -0.282. The molecule has 3 N–H and O–H groups in total. The van der Waals surface area contributed by atoms with Gasteiger partial charge in [-0.05, 0) is 13.8 Å². The summed E-state index contributed by atoms with van der Waals surface area (Å²) in [6, 6.07) is 0. The molecular weight excluding hydrogens is 269 g/mol. The zero-order valence-electron chi connectivity index (χ0n) is 7.42. The Hall–Kier alpha value is -0.0400. The van der Waals surface area contributed by atoms with Gasteiger partial charge in [-0.15, -0.1) is 24.0 Å². The predicted molar refractivity (Wildman–Crippen MR) is 60.0 cm³/mol. The van der Waals surface area contributed by atoms with Crippen LogP contribution >= 0.6 is 24.0 Å². The molecule has 0 fully saturated rings. The standard InChI is InChI=1S/C7H15N3O.HI/c1-7(2,5-11)10-6-8-3-4-9-6;/h11H,3-5H2,1-2H3,(H2,8,9,10);1H. The summed E-state index contributed by atoms with van der Waals surface area (Å²) >= 11 is 0. The molecule has 0 aliphatic carbocycles. The Balaban J connectivity index is 0.00000121. The second-order valence-electron chi connectivity index (χ2n) is 3.32. The van der Waals surface area contributed by atoms with E-state index in [0.717, 1.165) is 19.0 Å². The Labute approximate surface area is 89.9 Å². The van der Waals surface area contributed by atoms with Crippen molar-refractivity contribution in [2.45, 2.75) is 19.4 Å². The van der Waals surface area contributed by atoms with Crippen LogP contribution in [0.5, 0.6) is 0 Å². The molecule has 1 rings (SSSR count). The summed E-state index contributed by atoms with van der Waals surface area (Å²) in [7, 11) is 0. The van der Waals surface area contributed by atoms with Gasteiger partial charge in [-0.25, -0.2) is 0 Å². The first-order valence-electron chi connectivity index (χ1n) is 3.81. The summed E-state index contributed by atoms with van der Waals surface area (Å²) in [5, 5.41) is 15.1. The van der Waals surface area contributed by atoms with Crippen molar-refractivity contribution in [2.24, 2.45) is 4.99 Å². The van der Waals surface area contributed by atoms with E-state index in [-0.39, 0.29) is 36.1 Å². The Morgan fingerprint density at radius 3 is 2.75 bits per heavy atom. The van der Waals surface area contributed by atoms with Crippen molar-refractivity contribution < 1.29 is 5.11 Å². The average Bonchev–Trinajstić information content (AvgIpc) is 2.39. The van der Waals surface area contributed by atoms with Crippen LogP contribution in [0, 0.1) is 0 Å². The molecule has 0 aromatic carbocycles. The van der Waals surface area contributed by atoms with Crippen molar-refractivity contribution in [3.63, 3.8) is 0 Å². The fourth-order valence-corrected chi connectivity index (χ4v) is 0.842. The molecule has 0 amide bonds. The van der Waals surface area contributed by atoms with Gasteiger partial charge >= 0.3 is 0 Å². The molecule has 1 aliphatic heterocycles. The summed E-state index contributed by atoms with van der Waals surface area (Å²) in [4.78, 5) is 4.15. The number of hydrogen-bond donors (Lipinski definition) is 3. The third-order valence-electron chi connectivity index (χ3n) is 1.53. The largest absolute Gasteiger partial charge is 0.394 e. The molecule has 1 aliphatic rings. The predicted octanol–water partition coefficient (Wildman–Crippen LogP) is -0.0759. The molecule has 4 nitrogen and oxygen atoms in total. The van der Waals surface area contributed by atoms with Crippen LogP contribution in [-0.2, 0) is 0 Å². The highest BCUT2D eigenvalue weighted by molar-refractivity contribution is 14.0. The molecule has 0 radical (unpaired) electrons. The monoisotopic (exact) mass is 285 g/mol. The van der Waals surface area contributed by atoms with Crippen LogP contribution in [-0.4, -0.2) is 36.3 Å². The van der Waals surface area contributed by atoms with Crippen LogP contribution in [0.4, 0.5) is 0 Å². The lowest BCUT2D eigenvalue weighted by molar-refractivity contribution is 0.205. The molecule has 0 aromatic heterocycles. The molecule has 0 atom stereocenters. The second-order valence-corrected chi connectivity index (χ2v) is 3.32. The maximum atomic E-state index is 8.91. The van der Waals surface area contributed by atoms with Gasteiger partial charge in [-0.1, -0.05) is 0 Å². The smallest absolute Gasteiger partial charge is 0.191 e. The lowest BCUT2D eigenvalue weighted by atomic mass is 10.1. The maximum Gasteiger partial charge on any atom is 0.191 e. The van der Waals surface area contributed by atoms with Crippen LogP contribution < -0.4 is 10.6 Å². The van der Waals surface area contributed by atoms with Gasteiger partial charge in [0.05, 0.1) is 18.7 Å². The van der Waals surface area contributed by atoms with Crippen LogP contribution in [0.25, 0.3) is 0 Å². The van der Waals surface area contributed by atoms with Crippen LogP contribution in [0.2, 0.25) is 0 Å². The normalized spacial score (nSPS) is 16.1. The molecule has 0 saturated carbocycles. The highest BCUT2D eigenvalue weighted by Crippen LogP contribution is 1.99. The van der Waals surface area contributed by atoms with Gasteiger partial charge < -0.3 is 15.7 Å². The van der Waals surface area contributed by atoms with Crippen molar-refractivity contribution in [3.05, 3.63) is 0 Å². The zero-order valence-corrected chi connectivity index (χ0v) is 9.75. The Morgan fingerprint density at radius 2 is 2.33 bits per heavy atom.